The maximum Gasteiger partial charge on any atom is 0.289 e. The maximum atomic E-state index is 11.1. The Kier molecular flexibility index (Phi) is 2.49. The summed E-state index contributed by atoms with van der Waals surface area (Å²) in [6.45, 7) is 1.88. The predicted molar refractivity (Wildman–Crippen MR) is 42.4 cm³/mol. The van der Waals surface area contributed by atoms with Gasteiger partial charge in [-0.25, -0.2) is 4.98 Å². The molecule has 1 N–H and O–H groups in total. The molecule has 12 heavy (non-hydrogen) atoms. The van der Waals surface area contributed by atoms with Crippen LogP contribution in [0.5, 0.6) is 0 Å². The van der Waals surface area contributed by atoms with E-state index in [1.807, 2.05) is 0 Å². The third-order valence-electron chi connectivity index (χ3n) is 1.30. The molecule has 62 valence electrons. The van der Waals surface area contributed by atoms with E-state index in [1.165, 1.54) is 6.39 Å². The number of carbonyl (C=O) groups is 1. The second-order valence-electron chi connectivity index (χ2n) is 2.15. The summed E-state index contributed by atoms with van der Waals surface area (Å²) < 4.78 is 4.83. The molecule has 0 saturated carbocycles. The van der Waals surface area contributed by atoms with Crippen molar-refractivity contribution in [2.45, 2.75) is 6.92 Å². The van der Waals surface area contributed by atoms with Gasteiger partial charge in [0.15, 0.2) is 6.39 Å². The first-order chi connectivity index (χ1) is 5.75. The molecule has 0 unspecified atom stereocenters. The Morgan fingerprint density at radius 2 is 2.67 bits per heavy atom. The number of hydrogen-bond acceptors (Lipinski definition) is 3. The van der Waals surface area contributed by atoms with Gasteiger partial charge in [0.25, 0.3) is 5.91 Å². The third kappa shape index (κ3) is 1.64. The van der Waals surface area contributed by atoms with E-state index in [4.69, 9.17) is 10.8 Å². The minimum atomic E-state index is -0.331. The van der Waals surface area contributed by atoms with Crippen LogP contribution in [0.2, 0.25) is 0 Å². The Balaban J connectivity index is 2.67. The summed E-state index contributed by atoms with van der Waals surface area (Å²) in [6.07, 6.45) is 6.18. The van der Waals surface area contributed by atoms with E-state index in [0.717, 1.165) is 0 Å². The summed E-state index contributed by atoms with van der Waals surface area (Å²) in [5.41, 5.74) is 0.560. The lowest BCUT2D eigenvalue weighted by Crippen LogP contribution is -2.23. The molecule has 1 amide bonds. The lowest BCUT2D eigenvalue weighted by Gasteiger charge is -1.96. The summed E-state index contributed by atoms with van der Waals surface area (Å²) >= 11 is 0. The van der Waals surface area contributed by atoms with Crippen molar-refractivity contribution < 1.29 is 9.21 Å². The average molecular weight is 164 g/mol. The van der Waals surface area contributed by atoms with Crippen molar-refractivity contribution >= 4 is 5.91 Å². The summed E-state index contributed by atoms with van der Waals surface area (Å²) in [7, 11) is 0. The maximum absolute atomic E-state index is 11.1. The molecule has 0 aliphatic heterocycles. The predicted octanol–water partition coefficient (Wildman–Crippen LogP) is 0.346. The molecular weight excluding hydrogens is 156 g/mol. The number of nitrogens with zero attached hydrogens (tertiary/aromatic N) is 1. The Bertz CT molecular complexity index is 322. The smallest absolute Gasteiger partial charge is 0.289 e. The first-order valence-corrected chi connectivity index (χ1v) is 3.37. The van der Waals surface area contributed by atoms with Crippen LogP contribution in [-0.4, -0.2) is 17.4 Å². The van der Waals surface area contributed by atoms with E-state index >= 15 is 0 Å². The number of aryl methyl sites for hydroxylation is 1. The molecule has 0 bridgehead atoms. The second-order valence-corrected chi connectivity index (χ2v) is 2.15. The first-order valence-electron chi connectivity index (χ1n) is 3.37. The average Bonchev–Trinajstić information content (AvgIpc) is 2.47. The lowest BCUT2D eigenvalue weighted by atomic mass is 10.3. The number of aromatic nitrogens is 1. The van der Waals surface area contributed by atoms with E-state index in [9.17, 15) is 4.79 Å². The fourth-order valence-corrected chi connectivity index (χ4v) is 0.731. The minimum absolute atomic E-state index is 0.193. The summed E-state index contributed by atoms with van der Waals surface area (Å²) in [6, 6.07) is 0. The Hall–Kier alpha value is -1.76. The van der Waals surface area contributed by atoms with Crippen LogP contribution >= 0.6 is 0 Å². The number of nitrogens with one attached hydrogen (secondary N) is 1. The summed E-state index contributed by atoms with van der Waals surface area (Å²) in [5.74, 6) is 2.17. The van der Waals surface area contributed by atoms with Crippen molar-refractivity contribution in [2.24, 2.45) is 0 Å². The number of rotatable bonds is 2. The fraction of sp³-hybridized carbons (Fsp3) is 0.250. The van der Waals surface area contributed by atoms with Gasteiger partial charge in [-0.2, -0.15) is 0 Å². The quantitative estimate of drug-likeness (QED) is 0.641. The number of hydrogen-bond donors (Lipinski definition) is 1. The molecule has 1 aromatic rings. The Labute approximate surface area is 70.0 Å². The van der Waals surface area contributed by atoms with Gasteiger partial charge in [0.1, 0.15) is 0 Å². The van der Waals surface area contributed by atoms with Gasteiger partial charge in [0.05, 0.1) is 12.2 Å². The molecule has 0 fully saturated rings. The molecule has 0 aliphatic rings. The van der Waals surface area contributed by atoms with Gasteiger partial charge in [-0.1, -0.05) is 5.92 Å². The molecule has 0 spiro atoms. The van der Waals surface area contributed by atoms with E-state index in [0.29, 0.717) is 5.69 Å². The molecule has 1 rings (SSSR count). The topological polar surface area (TPSA) is 55.1 Å². The van der Waals surface area contributed by atoms with Crippen LogP contribution in [0.1, 0.15) is 16.2 Å². The second kappa shape index (κ2) is 3.58. The van der Waals surface area contributed by atoms with Gasteiger partial charge in [-0.15, -0.1) is 6.42 Å². The molecule has 0 atom stereocenters. The zero-order valence-electron chi connectivity index (χ0n) is 6.63. The van der Waals surface area contributed by atoms with E-state index < -0.39 is 0 Å². The summed E-state index contributed by atoms with van der Waals surface area (Å²) in [4.78, 5) is 14.9. The van der Waals surface area contributed by atoms with Crippen molar-refractivity contribution in [2.75, 3.05) is 6.54 Å². The van der Waals surface area contributed by atoms with Crippen molar-refractivity contribution in [1.82, 2.24) is 10.3 Å². The van der Waals surface area contributed by atoms with E-state index in [2.05, 4.69) is 16.2 Å². The monoisotopic (exact) mass is 164 g/mol. The van der Waals surface area contributed by atoms with Crippen molar-refractivity contribution in [3.8, 4) is 12.3 Å². The standard InChI is InChI=1S/C8H8N2O2/c1-3-4-9-8(11)7-6(2)10-5-12-7/h1,5H,4H2,2H3,(H,9,11). The molecule has 1 aromatic heterocycles. The molecule has 0 saturated heterocycles. The Morgan fingerprint density at radius 1 is 1.92 bits per heavy atom. The number of oxazole rings is 1. The van der Waals surface area contributed by atoms with Crippen molar-refractivity contribution in [3.05, 3.63) is 17.8 Å². The largest absolute Gasteiger partial charge is 0.438 e. The zero-order chi connectivity index (χ0) is 8.97. The molecule has 4 heteroatoms. The Morgan fingerprint density at radius 3 is 3.17 bits per heavy atom. The summed E-state index contributed by atoms with van der Waals surface area (Å²) in [5, 5.41) is 2.47. The third-order valence-corrected chi connectivity index (χ3v) is 1.30. The van der Waals surface area contributed by atoms with Crippen molar-refractivity contribution in [3.63, 3.8) is 0 Å². The fourth-order valence-electron chi connectivity index (χ4n) is 0.731. The SMILES string of the molecule is C#CCNC(=O)c1ocnc1C. The zero-order valence-corrected chi connectivity index (χ0v) is 6.63. The van der Waals surface area contributed by atoms with Gasteiger partial charge >= 0.3 is 0 Å². The first kappa shape index (κ1) is 8.34. The van der Waals surface area contributed by atoms with E-state index in [1.54, 1.807) is 6.92 Å². The van der Waals surface area contributed by atoms with Crippen LogP contribution in [0.3, 0.4) is 0 Å². The highest BCUT2D eigenvalue weighted by molar-refractivity contribution is 5.92. The normalized spacial score (nSPS) is 9.00. The highest BCUT2D eigenvalue weighted by Crippen LogP contribution is 2.03. The number of carbonyl (C=O) groups excluding carboxylic acids is 1. The van der Waals surface area contributed by atoms with Gasteiger partial charge < -0.3 is 9.73 Å². The highest BCUT2D eigenvalue weighted by Gasteiger charge is 2.11. The van der Waals surface area contributed by atoms with Gasteiger partial charge in [-0.3, -0.25) is 4.79 Å². The van der Waals surface area contributed by atoms with Crippen LogP contribution in [0, 0.1) is 19.3 Å². The lowest BCUT2D eigenvalue weighted by molar-refractivity contribution is 0.0930. The molecule has 0 aromatic carbocycles. The molecule has 4 nitrogen and oxygen atoms in total. The minimum Gasteiger partial charge on any atom is -0.438 e. The van der Waals surface area contributed by atoms with Gasteiger partial charge in [0, 0.05) is 0 Å². The molecular formula is C8H8N2O2. The van der Waals surface area contributed by atoms with Gasteiger partial charge in [-0.05, 0) is 6.92 Å². The van der Waals surface area contributed by atoms with Gasteiger partial charge in [0.2, 0.25) is 5.76 Å². The van der Waals surface area contributed by atoms with Crippen LogP contribution in [0.25, 0.3) is 0 Å². The van der Waals surface area contributed by atoms with Crippen LogP contribution in [0.4, 0.5) is 0 Å². The number of terminal acetylenes is 1. The highest BCUT2D eigenvalue weighted by atomic mass is 16.3. The van der Waals surface area contributed by atoms with Crippen LogP contribution in [0.15, 0.2) is 10.8 Å². The molecule has 0 aliphatic carbocycles. The van der Waals surface area contributed by atoms with Crippen LogP contribution < -0.4 is 5.32 Å². The number of amides is 1. The molecule has 1 heterocycles. The molecule has 0 radical (unpaired) electrons. The van der Waals surface area contributed by atoms with Crippen molar-refractivity contribution in [1.29, 1.82) is 0 Å². The van der Waals surface area contributed by atoms with Crippen LogP contribution in [-0.2, 0) is 0 Å². The van der Waals surface area contributed by atoms with E-state index in [-0.39, 0.29) is 18.2 Å².